The third-order valence-electron chi connectivity index (χ3n) is 3.17. The van der Waals surface area contributed by atoms with E-state index in [4.69, 9.17) is 9.47 Å². The van der Waals surface area contributed by atoms with Crippen LogP contribution in [0.1, 0.15) is 11.1 Å². The molecule has 0 amide bonds. The fourth-order valence-electron chi connectivity index (χ4n) is 2.25. The van der Waals surface area contributed by atoms with E-state index in [1.165, 1.54) is 6.07 Å². The minimum atomic E-state index is -0.995. The molecule has 1 aliphatic rings. The van der Waals surface area contributed by atoms with Gasteiger partial charge in [0, 0.05) is 20.9 Å². The Morgan fingerprint density at radius 1 is 1.10 bits per heavy atom. The highest BCUT2D eigenvalue weighted by Gasteiger charge is 2.19. The monoisotopic (exact) mass is 418 g/mol. The van der Waals surface area contributed by atoms with Crippen LogP contribution in [0, 0.1) is 11.6 Å². The van der Waals surface area contributed by atoms with Crippen LogP contribution in [-0.4, -0.2) is 6.61 Å². The Kier molecular flexibility index (Phi) is 4.17. The largest absolute Gasteiger partial charge is 0.493 e. The second-order valence-corrected chi connectivity index (χ2v) is 6.47. The molecule has 0 spiro atoms. The minimum Gasteiger partial charge on any atom is -0.493 e. The number of hydrogen-bond acceptors (Lipinski definition) is 2. The van der Waals surface area contributed by atoms with Gasteiger partial charge in [-0.15, -0.1) is 0 Å². The molecule has 0 fully saturated rings. The first-order chi connectivity index (χ1) is 10.0. The maximum Gasteiger partial charge on any atom is 0.200 e. The zero-order valence-electron chi connectivity index (χ0n) is 10.8. The Bertz CT molecular complexity index is 705. The first-order valence-corrected chi connectivity index (χ1v) is 7.84. The summed E-state index contributed by atoms with van der Waals surface area (Å²) in [7, 11) is 0. The van der Waals surface area contributed by atoms with Crippen LogP contribution in [0.5, 0.6) is 11.5 Å². The number of fused-ring (bicyclic) bond motifs is 1. The molecule has 110 valence electrons. The van der Waals surface area contributed by atoms with Crippen LogP contribution in [-0.2, 0) is 13.0 Å². The first-order valence-electron chi connectivity index (χ1n) is 6.26. The molecule has 0 aliphatic carbocycles. The number of hydrogen-bond donors (Lipinski definition) is 0. The van der Waals surface area contributed by atoms with Gasteiger partial charge in [0.25, 0.3) is 0 Å². The van der Waals surface area contributed by atoms with Gasteiger partial charge in [-0.05, 0) is 29.8 Å². The molecule has 3 rings (SSSR count). The van der Waals surface area contributed by atoms with Crippen LogP contribution in [0.2, 0.25) is 0 Å². The average Bonchev–Trinajstić information content (AvgIpc) is 2.88. The van der Waals surface area contributed by atoms with E-state index in [0.717, 1.165) is 33.8 Å². The van der Waals surface area contributed by atoms with E-state index in [0.29, 0.717) is 11.1 Å². The summed E-state index contributed by atoms with van der Waals surface area (Å²) < 4.78 is 39.3. The maximum absolute atomic E-state index is 13.7. The Labute approximate surface area is 137 Å². The maximum atomic E-state index is 13.7. The molecule has 2 aromatic carbocycles. The molecule has 2 nitrogen and oxygen atoms in total. The fourth-order valence-corrected chi connectivity index (χ4v) is 3.21. The van der Waals surface area contributed by atoms with E-state index < -0.39 is 11.6 Å². The molecule has 0 N–H and O–H groups in total. The summed E-state index contributed by atoms with van der Waals surface area (Å²) in [5.74, 6) is -1.30. The summed E-state index contributed by atoms with van der Waals surface area (Å²) in [5.41, 5.74) is 1.89. The van der Waals surface area contributed by atoms with Crippen LogP contribution in [0.3, 0.4) is 0 Å². The molecule has 21 heavy (non-hydrogen) atoms. The van der Waals surface area contributed by atoms with Crippen LogP contribution < -0.4 is 9.47 Å². The number of ether oxygens (including phenoxy) is 2. The van der Waals surface area contributed by atoms with E-state index in [2.05, 4.69) is 31.9 Å². The minimum absolute atomic E-state index is 0.106. The van der Waals surface area contributed by atoms with E-state index in [9.17, 15) is 8.78 Å². The van der Waals surface area contributed by atoms with E-state index in [1.807, 2.05) is 12.1 Å². The molecule has 0 radical (unpaired) electrons. The molecule has 1 aliphatic heterocycles. The summed E-state index contributed by atoms with van der Waals surface area (Å²) in [6.07, 6.45) is 0.835. The Morgan fingerprint density at radius 3 is 2.67 bits per heavy atom. The molecular formula is C15H10Br2F2O2. The second-order valence-electron chi connectivity index (χ2n) is 4.64. The van der Waals surface area contributed by atoms with Gasteiger partial charge in [0.05, 0.1) is 6.61 Å². The van der Waals surface area contributed by atoms with Crippen molar-refractivity contribution in [3.8, 4) is 11.5 Å². The highest BCUT2D eigenvalue weighted by molar-refractivity contribution is 9.10. The van der Waals surface area contributed by atoms with Gasteiger partial charge in [-0.1, -0.05) is 31.9 Å². The highest BCUT2D eigenvalue weighted by atomic mass is 79.9. The van der Waals surface area contributed by atoms with Crippen LogP contribution in [0.15, 0.2) is 33.2 Å². The lowest BCUT2D eigenvalue weighted by molar-refractivity contribution is 0.274. The van der Waals surface area contributed by atoms with Crippen molar-refractivity contribution in [3.63, 3.8) is 0 Å². The van der Waals surface area contributed by atoms with Gasteiger partial charge in [-0.25, -0.2) is 4.39 Å². The predicted molar refractivity (Wildman–Crippen MR) is 81.7 cm³/mol. The van der Waals surface area contributed by atoms with Gasteiger partial charge in [-0.2, -0.15) is 4.39 Å². The van der Waals surface area contributed by atoms with E-state index >= 15 is 0 Å². The average molecular weight is 420 g/mol. The predicted octanol–water partition coefficient (Wildman–Crippen LogP) is 5.00. The smallest absolute Gasteiger partial charge is 0.200 e. The molecule has 0 saturated carbocycles. The summed E-state index contributed by atoms with van der Waals surface area (Å²) in [6.45, 7) is 0.729. The van der Waals surface area contributed by atoms with Crippen molar-refractivity contribution in [1.29, 1.82) is 0 Å². The summed E-state index contributed by atoms with van der Waals surface area (Å²) >= 11 is 6.54. The van der Waals surface area contributed by atoms with E-state index in [1.54, 1.807) is 0 Å². The second kappa shape index (κ2) is 5.93. The molecular weight excluding hydrogens is 410 g/mol. The lowest BCUT2D eigenvalue weighted by atomic mass is 10.1. The molecule has 0 aromatic heterocycles. The van der Waals surface area contributed by atoms with Crippen molar-refractivity contribution < 1.29 is 18.3 Å². The molecule has 6 heteroatoms. The topological polar surface area (TPSA) is 18.5 Å². The van der Waals surface area contributed by atoms with Crippen molar-refractivity contribution in [2.75, 3.05) is 6.61 Å². The molecule has 0 bridgehead atoms. The summed E-state index contributed by atoms with van der Waals surface area (Å²) in [6, 6.07) is 6.31. The summed E-state index contributed by atoms with van der Waals surface area (Å²) in [4.78, 5) is 0. The zero-order valence-corrected chi connectivity index (χ0v) is 13.9. The van der Waals surface area contributed by atoms with Crippen LogP contribution in [0.4, 0.5) is 8.78 Å². The molecule has 1 heterocycles. The van der Waals surface area contributed by atoms with E-state index in [-0.39, 0.29) is 12.4 Å². The molecule has 2 aromatic rings. The number of rotatable bonds is 3. The normalized spacial score (nSPS) is 13.0. The van der Waals surface area contributed by atoms with Gasteiger partial charge < -0.3 is 9.47 Å². The van der Waals surface area contributed by atoms with Crippen molar-refractivity contribution in [3.05, 3.63) is 56.0 Å². The highest BCUT2D eigenvalue weighted by Crippen LogP contribution is 2.34. The third kappa shape index (κ3) is 3.06. The number of benzene rings is 2. The lowest BCUT2D eigenvalue weighted by Gasteiger charge is -2.12. The molecule has 0 saturated heterocycles. The quantitative estimate of drug-likeness (QED) is 0.651. The Hall–Kier alpha value is -1.14. The van der Waals surface area contributed by atoms with Gasteiger partial charge in [0.15, 0.2) is 11.6 Å². The van der Waals surface area contributed by atoms with Gasteiger partial charge in [0.1, 0.15) is 12.4 Å². The third-order valence-corrected chi connectivity index (χ3v) is 4.08. The summed E-state index contributed by atoms with van der Waals surface area (Å²) in [5, 5.41) is 0. The first kappa shape index (κ1) is 14.8. The van der Waals surface area contributed by atoms with Crippen molar-refractivity contribution in [1.82, 2.24) is 0 Å². The van der Waals surface area contributed by atoms with Crippen molar-refractivity contribution in [2.24, 2.45) is 0 Å². The van der Waals surface area contributed by atoms with Crippen molar-refractivity contribution in [2.45, 2.75) is 13.0 Å². The fraction of sp³-hybridized carbons (Fsp3) is 0.200. The van der Waals surface area contributed by atoms with Crippen molar-refractivity contribution >= 4 is 31.9 Å². The van der Waals surface area contributed by atoms with Crippen LogP contribution >= 0.6 is 31.9 Å². The standard InChI is InChI=1S/C15H10Br2F2O2/c16-10-3-8-1-2-20-15(8)9(4-10)7-21-13-6-11(17)5-12(18)14(13)19/h3-6H,1-2,7H2. The van der Waals surface area contributed by atoms with Gasteiger partial charge in [0.2, 0.25) is 5.82 Å². The number of halogens is 4. The van der Waals surface area contributed by atoms with Gasteiger partial charge >= 0.3 is 0 Å². The Balaban J connectivity index is 1.86. The van der Waals surface area contributed by atoms with Gasteiger partial charge in [-0.3, -0.25) is 0 Å². The SMILES string of the molecule is Fc1cc(Br)cc(OCc2cc(Br)cc3c2OCC3)c1F. The zero-order chi connectivity index (χ0) is 15.0. The lowest BCUT2D eigenvalue weighted by Crippen LogP contribution is -2.01. The molecule has 0 unspecified atom stereocenters. The Morgan fingerprint density at radius 2 is 1.86 bits per heavy atom. The molecule has 0 atom stereocenters. The van der Waals surface area contributed by atoms with Crippen LogP contribution in [0.25, 0.3) is 0 Å².